The zero-order chi connectivity index (χ0) is 8.85. The van der Waals surface area contributed by atoms with E-state index in [4.69, 9.17) is 11.0 Å². The number of nitrogens with two attached hydrogens (primary N) is 1. The highest BCUT2D eigenvalue weighted by atomic mass is 16.6. The fraction of sp³-hybridized carbons (Fsp3) is 0.833. The van der Waals surface area contributed by atoms with Crippen molar-refractivity contribution in [1.29, 1.82) is 0 Å². The highest BCUT2D eigenvalue weighted by Crippen LogP contribution is 1.87. The standard InChI is InChI=1S/C6H14N2O3/c1-4(2)8-5(3-11-7)6(9)10/h4-5,8H,3,7H2,1-2H3,(H,9,10)/t5-/m0/s1. The van der Waals surface area contributed by atoms with Gasteiger partial charge in [-0.3, -0.25) is 4.79 Å². The van der Waals surface area contributed by atoms with Crippen LogP contribution in [-0.4, -0.2) is 29.8 Å². The van der Waals surface area contributed by atoms with Gasteiger partial charge >= 0.3 is 5.97 Å². The van der Waals surface area contributed by atoms with Crippen molar-refractivity contribution in [3.8, 4) is 0 Å². The lowest BCUT2D eigenvalue weighted by molar-refractivity contribution is -0.141. The fourth-order valence-electron chi connectivity index (χ4n) is 0.689. The van der Waals surface area contributed by atoms with Gasteiger partial charge in [-0.2, -0.15) is 0 Å². The molecule has 0 saturated heterocycles. The summed E-state index contributed by atoms with van der Waals surface area (Å²) in [6.07, 6.45) is 0. The molecule has 0 aromatic carbocycles. The first kappa shape index (κ1) is 10.3. The molecular weight excluding hydrogens is 148 g/mol. The number of carboxylic acid groups (broad SMARTS) is 1. The number of carboxylic acids is 1. The molecule has 0 saturated carbocycles. The van der Waals surface area contributed by atoms with E-state index in [1.807, 2.05) is 13.8 Å². The van der Waals surface area contributed by atoms with E-state index < -0.39 is 12.0 Å². The molecule has 5 heteroatoms. The fourth-order valence-corrected chi connectivity index (χ4v) is 0.689. The van der Waals surface area contributed by atoms with Gasteiger partial charge < -0.3 is 15.3 Å². The van der Waals surface area contributed by atoms with Crippen molar-refractivity contribution in [2.24, 2.45) is 5.90 Å². The Morgan fingerprint density at radius 1 is 1.73 bits per heavy atom. The molecule has 0 aliphatic heterocycles. The summed E-state index contributed by atoms with van der Waals surface area (Å²) in [5.74, 6) is 3.79. The van der Waals surface area contributed by atoms with Crippen molar-refractivity contribution in [3.63, 3.8) is 0 Å². The first-order valence-corrected chi connectivity index (χ1v) is 3.38. The normalized spacial score (nSPS) is 13.5. The van der Waals surface area contributed by atoms with E-state index >= 15 is 0 Å². The summed E-state index contributed by atoms with van der Waals surface area (Å²) in [5.41, 5.74) is 0. The molecule has 0 spiro atoms. The summed E-state index contributed by atoms with van der Waals surface area (Å²) < 4.78 is 0. The minimum atomic E-state index is -0.954. The van der Waals surface area contributed by atoms with E-state index in [2.05, 4.69) is 10.2 Å². The Bertz CT molecular complexity index is 127. The molecule has 11 heavy (non-hydrogen) atoms. The van der Waals surface area contributed by atoms with Gasteiger partial charge in [0.1, 0.15) is 6.04 Å². The molecule has 0 aliphatic rings. The van der Waals surface area contributed by atoms with Gasteiger partial charge in [0.25, 0.3) is 0 Å². The number of hydrogen-bond acceptors (Lipinski definition) is 4. The summed E-state index contributed by atoms with van der Waals surface area (Å²) in [6, 6.07) is -0.619. The molecule has 1 atom stereocenters. The van der Waals surface area contributed by atoms with Crippen molar-refractivity contribution in [1.82, 2.24) is 5.32 Å². The second-order valence-corrected chi connectivity index (χ2v) is 2.55. The number of aliphatic carboxylic acids is 1. The Kier molecular flexibility index (Phi) is 4.76. The van der Waals surface area contributed by atoms with Crippen LogP contribution in [0, 0.1) is 0 Å². The van der Waals surface area contributed by atoms with Crippen molar-refractivity contribution in [2.75, 3.05) is 6.61 Å². The predicted molar refractivity (Wildman–Crippen MR) is 39.8 cm³/mol. The number of nitrogens with one attached hydrogen (secondary N) is 1. The minimum absolute atomic E-state index is 0.0203. The molecule has 0 aliphatic carbocycles. The summed E-state index contributed by atoms with van der Waals surface area (Å²) in [6.45, 7) is 3.69. The third-order valence-electron chi connectivity index (χ3n) is 1.10. The molecule has 0 radical (unpaired) electrons. The lowest BCUT2D eigenvalue weighted by Crippen LogP contribution is -2.44. The molecular formula is C6H14N2O3. The van der Waals surface area contributed by atoms with E-state index in [1.165, 1.54) is 0 Å². The smallest absolute Gasteiger partial charge is 0.323 e. The second-order valence-electron chi connectivity index (χ2n) is 2.55. The highest BCUT2D eigenvalue weighted by molar-refractivity contribution is 5.73. The third kappa shape index (κ3) is 4.72. The molecule has 66 valence electrons. The first-order chi connectivity index (χ1) is 5.07. The van der Waals surface area contributed by atoms with E-state index in [0.29, 0.717) is 0 Å². The van der Waals surface area contributed by atoms with Gasteiger partial charge in [-0.1, -0.05) is 13.8 Å². The van der Waals surface area contributed by atoms with E-state index in [1.54, 1.807) is 0 Å². The van der Waals surface area contributed by atoms with Crippen molar-refractivity contribution >= 4 is 5.97 Å². The second kappa shape index (κ2) is 5.06. The maximum Gasteiger partial charge on any atom is 0.323 e. The van der Waals surface area contributed by atoms with Crippen LogP contribution in [0.3, 0.4) is 0 Å². The van der Waals surface area contributed by atoms with Gasteiger partial charge in [0.2, 0.25) is 0 Å². The largest absolute Gasteiger partial charge is 0.480 e. The van der Waals surface area contributed by atoms with Crippen LogP contribution >= 0.6 is 0 Å². The predicted octanol–water partition coefficient (Wildman–Crippen LogP) is -0.672. The average Bonchev–Trinajstić information content (AvgIpc) is 1.86. The van der Waals surface area contributed by atoms with Crippen LogP contribution in [0.25, 0.3) is 0 Å². The summed E-state index contributed by atoms with van der Waals surface area (Å²) in [4.78, 5) is 14.6. The van der Waals surface area contributed by atoms with Crippen LogP contribution in [-0.2, 0) is 9.63 Å². The highest BCUT2D eigenvalue weighted by Gasteiger charge is 2.17. The van der Waals surface area contributed by atoms with Gasteiger partial charge in [-0.25, -0.2) is 5.90 Å². The maximum atomic E-state index is 10.4. The van der Waals surface area contributed by atoms with Crippen molar-refractivity contribution in [3.05, 3.63) is 0 Å². The van der Waals surface area contributed by atoms with E-state index in [-0.39, 0.29) is 12.6 Å². The van der Waals surface area contributed by atoms with Gasteiger partial charge in [0.05, 0.1) is 6.61 Å². The average molecular weight is 162 g/mol. The summed E-state index contributed by atoms with van der Waals surface area (Å²) in [7, 11) is 0. The van der Waals surface area contributed by atoms with Crippen molar-refractivity contribution < 1.29 is 14.7 Å². The van der Waals surface area contributed by atoms with Crippen LogP contribution in [0.5, 0.6) is 0 Å². The van der Waals surface area contributed by atoms with Gasteiger partial charge in [-0.15, -0.1) is 0 Å². The van der Waals surface area contributed by atoms with Crippen LogP contribution in [0.1, 0.15) is 13.8 Å². The number of carbonyl (C=O) groups is 1. The minimum Gasteiger partial charge on any atom is -0.480 e. The Morgan fingerprint density at radius 2 is 2.27 bits per heavy atom. The molecule has 5 nitrogen and oxygen atoms in total. The zero-order valence-electron chi connectivity index (χ0n) is 6.70. The third-order valence-corrected chi connectivity index (χ3v) is 1.10. The Balaban J connectivity index is 3.79. The molecule has 0 aromatic heterocycles. The van der Waals surface area contributed by atoms with Gasteiger partial charge in [0, 0.05) is 6.04 Å². The van der Waals surface area contributed by atoms with Gasteiger partial charge in [-0.05, 0) is 0 Å². The van der Waals surface area contributed by atoms with Crippen molar-refractivity contribution in [2.45, 2.75) is 25.9 Å². The molecule has 0 heterocycles. The van der Waals surface area contributed by atoms with Crippen LogP contribution in [0.4, 0.5) is 0 Å². The molecule has 4 N–H and O–H groups in total. The summed E-state index contributed by atoms with van der Waals surface area (Å²) >= 11 is 0. The topological polar surface area (TPSA) is 84.6 Å². The summed E-state index contributed by atoms with van der Waals surface area (Å²) in [5, 5.41) is 11.3. The number of rotatable bonds is 5. The Morgan fingerprint density at radius 3 is 2.55 bits per heavy atom. The molecule has 0 rings (SSSR count). The number of hydrogen-bond donors (Lipinski definition) is 3. The zero-order valence-corrected chi connectivity index (χ0v) is 6.70. The lowest BCUT2D eigenvalue weighted by Gasteiger charge is -2.15. The SMILES string of the molecule is CC(C)N[C@@H](CON)C(=O)O. The van der Waals surface area contributed by atoms with Crippen LogP contribution in [0.2, 0.25) is 0 Å². The first-order valence-electron chi connectivity index (χ1n) is 3.38. The van der Waals surface area contributed by atoms with Crippen LogP contribution in [0.15, 0.2) is 0 Å². The van der Waals surface area contributed by atoms with E-state index in [0.717, 1.165) is 0 Å². The molecule has 0 bridgehead atoms. The quantitative estimate of drug-likeness (QED) is 0.467. The molecule has 0 fully saturated rings. The molecule has 0 amide bonds. The Labute approximate surface area is 65.5 Å². The van der Waals surface area contributed by atoms with Gasteiger partial charge in [0.15, 0.2) is 0 Å². The molecule has 0 aromatic rings. The van der Waals surface area contributed by atoms with E-state index in [9.17, 15) is 4.79 Å². The molecule has 0 unspecified atom stereocenters. The van der Waals surface area contributed by atoms with Crippen LogP contribution < -0.4 is 11.2 Å². The lowest BCUT2D eigenvalue weighted by atomic mass is 10.3. The Hall–Kier alpha value is -0.650. The monoisotopic (exact) mass is 162 g/mol. The maximum absolute atomic E-state index is 10.4.